The average molecular weight is 293 g/mol. The van der Waals surface area contributed by atoms with E-state index in [9.17, 15) is 14.0 Å². The average Bonchev–Trinajstić information content (AvgIpc) is 2.50. The molecule has 0 aliphatic heterocycles. The molecule has 0 atom stereocenters. The second-order valence-corrected chi connectivity index (χ2v) is 4.05. The summed E-state index contributed by atoms with van der Waals surface area (Å²) in [6.07, 6.45) is 0. The molecule has 0 aliphatic carbocycles. The first kappa shape index (κ1) is 16.7. The van der Waals surface area contributed by atoms with Gasteiger partial charge >= 0.3 is 5.97 Å². The molecule has 1 rings (SSSR count). The van der Waals surface area contributed by atoms with Crippen LogP contribution in [-0.4, -0.2) is 48.7 Å². The molecule has 0 saturated heterocycles. The molecule has 0 fully saturated rings. The highest BCUT2D eigenvalue weighted by atomic mass is 19.1. The zero-order valence-electron chi connectivity index (χ0n) is 11.9. The van der Waals surface area contributed by atoms with Crippen LogP contribution in [0.5, 0.6) is 0 Å². The van der Waals surface area contributed by atoms with Crippen molar-refractivity contribution in [2.24, 2.45) is 0 Å². The Morgan fingerprint density at radius 1 is 1.43 bits per heavy atom. The van der Waals surface area contributed by atoms with Gasteiger partial charge in [-0.2, -0.15) is 0 Å². The number of nitrogens with zero attached hydrogens (tertiary/aromatic N) is 1. The Balaban J connectivity index is 3.14. The fourth-order valence-electron chi connectivity index (χ4n) is 1.66. The van der Waals surface area contributed by atoms with E-state index in [0.717, 1.165) is 6.07 Å². The molecule has 1 aromatic rings. The largest absolute Gasteiger partial charge is 0.468 e. The van der Waals surface area contributed by atoms with Crippen molar-refractivity contribution in [3.05, 3.63) is 35.1 Å². The number of esters is 1. The zero-order valence-corrected chi connectivity index (χ0v) is 11.9. The van der Waals surface area contributed by atoms with Crippen molar-refractivity contribution in [1.82, 2.24) is 4.90 Å². The van der Waals surface area contributed by atoms with E-state index in [1.807, 2.05) is 0 Å². The third-order valence-electron chi connectivity index (χ3n) is 2.73. The van der Waals surface area contributed by atoms with Gasteiger partial charge in [-0.15, -0.1) is 0 Å². The third-order valence-corrected chi connectivity index (χ3v) is 2.73. The highest BCUT2D eigenvalue weighted by molar-refractivity contribution is 5.98. The molecule has 0 saturated carbocycles. The number of hydrogen-bond donors (Lipinski definition) is 1. The molecule has 112 valence electrons. The van der Waals surface area contributed by atoms with Gasteiger partial charge < -0.3 is 14.7 Å². The molecule has 5 nitrogen and oxygen atoms in total. The predicted octanol–water partition coefficient (Wildman–Crippen LogP) is 0.805. The van der Waals surface area contributed by atoms with Gasteiger partial charge in [0.15, 0.2) is 0 Å². The smallest absolute Gasteiger partial charge is 0.325 e. The van der Waals surface area contributed by atoms with Crippen LogP contribution in [-0.2, 0) is 9.53 Å². The Kier molecular flexibility index (Phi) is 6.37. The van der Waals surface area contributed by atoms with Crippen LogP contribution < -0.4 is 0 Å². The highest BCUT2D eigenvalue weighted by Gasteiger charge is 2.20. The van der Waals surface area contributed by atoms with Gasteiger partial charge in [-0.1, -0.05) is 11.8 Å². The molecule has 0 aliphatic rings. The molecule has 0 unspecified atom stereocenters. The number of amides is 1. The van der Waals surface area contributed by atoms with E-state index >= 15 is 0 Å². The number of hydrogen-bond acceptors (Lipinski definition) is 4. The number of carbonyl (C=O) groups is 2. The number of rotatable bonds is 4. The van der Waals surface area contributed by atoms with Crippen molar-refractivity contribution in [1.29, 1.82) is 0 Å². The quantitative estimate of drug-likeness (QED) is 0.659. The minimum absolute atomic E-state index is 0.0432. The Hall–Kier alpha value is -2.39. The Bertz CT molecular complexity index is 589. The maximum atomic E-state index is 13.4. The van der Waals surface area contributed by atoms with Crippen LogP contribution in [0, 0.1) is 17.7 Å². The first-order chi connectivity index (χ1) is 10.0. The van der Waals surface area contributed by atoms with Gasteiger partial charge in [0.05, 0.1) is 12.7 Å². The fourth-order valence-corrected chi connectivity index (χ4v) is 1.66. The lowest BCUT2D eigenvalue weighted by atomic mass is 10.1. The molecule has 1 N–H and O–H groups in total. The molecule has 21 heavy (non-hydrogen) atoms. The molecule has 1 aromatic carbocycles. The lowest BCUT2D eigenvalue weighted by molar-refractivity contribution is -0.141. The lowest BCUT2D eigenvalue weighted by Crippen LogP contribution is -2.36. The van der Waals surface area contributed by atoms with Gasteiger partial charge in [-0.3, -0.25) is 9.59 Å². The maximum absolute atomic E-state index is 13.4. The van der Waals surface area contributed by atoms with E-state index in [1.165, 1.54) is 24.1 Å². The van der Waals surface area contributed by atoms with Gasteiger partial charge in [0.2, 0.25) is 0 Å². The standard InChI is InChI=1S/C15H16FNO4/c1-3-17(10-14(19)21-2)15(20)13-9-12(16)7-6-11(13)5-4-8-18/h6-7,9,18H,3,8,10H2,1-2H3. The van der Waals surface area contributed by atoms with Crippen LogP contribution in [0.2, 0.25) is 0 Å². The number of benzene rings is 1. The Labute approximate surface area is 122 Å². The predicted molar refractivity (Wildman–Crippen MR) is 74.0 cm³/mol. The summed E-state index contributed by atoms with van der Waals surface area (Å²) in [5, 5.41) is 8.71. The van der Waals surface area contributed by atoms with Crippen LogP contribution in [0.15, 0.2) is 18.2 Å². The highest BCUT2D eigenvalue weighted by Crippen LogP contribution is 2.13. The van der Waals surface area contributed by atoms with Crippen LogP contribution in [0.3, 0.4) is 0 Å². The number of halogens is 1. The van der Waals surface area contributed by atoms with Crippen LogP contribution in [0.25, 0.3) is 0 Å². The van der Waals surface area contributed by atoms with Gasteiger partial charge in [0, 0.05) is 12.1 Å². The van der Waals surface area contributed by atoms with Gasteiger partial charge in [0.1, 0.15) is 19.0 Å². The van der Waals surface area contributed by atoms with Gasteiger partial charge in [-0.05, 0) is 25.1 Å². The van der Waals surface area contributed by atoms with Gasteiger partial charge in [-0.25, -0.2) is 4.39 Å². The van der Waals surface area contributed by atoms with Gasteiger partial charge in [0.25, 0.3) is 5.91 Å². The first-order valence-electron chi connectivity index (χ1n) is 6.28. The molecule has 0 spiro atoms. The molecule has 0 aromatic heterocycles. The third kappa shape index (κ3) is 4.58. The van der Waals surface area contributed by atoms with Crippen LogP contribution in [0.4, 0.5) is 4.39 Å². The van der Waals surface area contributed by atoms with Crippen molar-refractivity contribution in [3.63, 3.8) is 0 Å². The molecule has 0 bridgehead atoms. The monoisotopic (exact) mass is 293 g/mol. The SMILES string of the molecule is CCN(CC(=O)OC)C(=O)c1cc(F)ccc1C#CCO. The van der Waals surface area contributed by atoms with E-state index in [-0.39, 0.29) is 25.3 Å². The summed E-state index contributed by atoms with van der Waals surface area (Å²) in [6, 6.07) is 3.59. The summed E-state index contributed by atoms with van der Waals surface area (Å²) in [6.45, 7) is 1.36. The lowest BCUT2D eigenvalue weighted by Gasteiger charge is -2.20. The molecule has 6 heteroatoms. The summed E-state index contributed by atoms with van der Waals surface area (Å²) < 4.78 is 17.9. The van der Waals surface area contributed by atoms with Crippen molar-refractivity contribution in [2.45, 2.75) is 6.92 Å². The fraction of sp³-hybridized carbons (Fsp3) is 0.333. The maximum Gasteiger partial charge on any atom is 0.325 e. The number of carbonyl (C=O) groups excluding carboxylic acids is 2. The number of aliphatic hydroxyl groups excluding tert-OH is 1. The minimum atomic E-state index is -0.581. The van der Waals surface area contributed by atoms with Crippen molar-refractivity contribution < 1.29 is 23.8 Å². The van der Waals surface area contributed by atoms with E-state index in [4.69, 9.17) is 5.11 Å². The first-order valence-corrected chi connectivity index (χ1v) is 6.28. The second-order valence-electron chi connectivity index (χ2n) is 4.05. The molecular weight excluding hydrogens is 277 g/mol. The summed E-state index contributed by atoms with van der Waals surface area (Å²) in [5.74, 6) is 3.33. The molecular formula is C15H16FNO4. The van der Waals surface area contributed by atoms with E-state index < -0.39 is 17.7 Å². The summed E-state index contributed by atoms with van der Waals surface area (Å²) >= 11 is 0. The Morgan fingerprint density at radius 2 is 2.14 bits per heavy atom. The van der Waals surface area contributed by atoms with E-state index in [1.54, 1.807) is 6.92 Å². The number of aliphatic hydroxyl groups is 1. The zero-order chi connectivity index (χ0) is 15.8. The summed E-state index contributed by atoms with van der Waals surface area (Å²) in [5.41, 5.74) is 0.334. The van der Waals surface area contributed by atoms with E-state index in [0.29, 0.717) is 5.56 Å². The van der Waals surface area contributed by atoms with Crippen LogP contribution in [0.1, 0.15) is 22.8 Å². The van der Waals surface area contributed by atoms with Crippen LogP contribution >= 0.6 is 0 Å². The molecule has 0 radical (unpaired) electrons. The van der Waals surface area contributed by atoms with Crippen molar-refractivity contribution in [3.8, 4) is 11.8 Å². The molecule has 0 heterocycles. The number of likely N-dealkylation sites (N-methyl/N-ethyl adjacent to an activating group) is 1. The summed E-state index contributed by atoms with van der Waals surface area (Å²) in [7, 11) is 1.22. The Morgan fingerprint density at radius 3 is 2.71 bits per heavy atom. The normalized spacial score (nSPS) is 9.52. The summed E-state index contributed by atoms with van der Waals surface area (Å²) in [4.78, 5) is 24.9. The van der Waals surface area contributed by atoms with Crippen molar-refractivity contribution in [2.75, 3.05) is 26.8 Å². The number of ether oxygens (including phenoxy) is 1. The van der Waals surface area contributed by atoms with E-state index in [2.05, 4.69) is 16.6 Å². The topological polar surface area (TPSA) is 66.8 Å². The molecule has 1 amide bonds. The minimum Gasteiger partial charge on any atom is -0.468 e. The number of methoxy groups -OCH3 is 1. The van der Waals surface area contributed by atoms with Crippen molar-refractivity contribution >= 4 is 11.9 Å². The second kappa shape index (κ2) is 8.02.